The molecule has 0 aliphatic carbocycles. The van der Waals surface area contributed by atoms with Crippen LogP contribution in [0.5, 0.6) is 5.75 Å². The molecule has 0 fully saturated rings. The highest BCUT2D eigenvalue weighted by molar-refractivity contribution is 5.71. The monoisotopic (exact) mass is 335 g/mol. The lowest BCUT2D eigenvalue weighted by molar-refractivity contribution is 0.414. The Hall–Kier alpha value is -3.53. The maximum Gasteiger partial charge on any atom is 0.222 e. The molecule has 0 atom stereocenters. The first kappa shape index (κ1) is 16.3. The highest BCUT2D eigenvalue weighted by Gasteiger charge is 2.19. The van der Waals surface area contributed by atoms with Gasteiger partial charge in [-0.1, -0.05) is 12.1 Å². The normalized spacial score (nSPS) is 10.3. The summed E-state index contributed by atoms with van der Waals surface area (Å²) in [5, 5.41) is 9.63. The van der Waals surface area contributed by atoms with E-state index in [1.54, 1.807) is 19.2 Å². The third-order valence-electron chi connectivity index (χ3n) is 3.69. The van der Waals surface area contributed by atoms with Crippen molar-refractivity contribution < 1.29 is 9.15 Å². The second-order valence-electron chi connectivity index (χ2n) is 5.43. The zero-order valence-corrected chi connectivity index (χ0v) is 13.9. The first-order chi connectivity index (χ1) is 12.1. The number of nitrogens with zero attached hydrogens (tertiary/aromatic N) is 4. The Morgan fingerprint density at radius 1 is 1.28 bits per heavy atom. The standard InChI is InChI=1S/C18H17N5O2/c1-23(11-12-5-3-6-13(9-12)24-2)17-14(10-19)16(21-18(20)22-17)15-7-4-8-25-15/h3-9H,11H2,1-2H3,(H2,20,21,22). The quantitative estimate of drug-likeness (QED) is 0.765. The van der Waals surface area contributed by atoms with Gasteiger partial charge in [-0.2, -0.15) is 10.2 Å². The summed E-state index contributed by atoms with van der Waals surface area (Å²) < 4.78 is 10.6. The minimum Gasteiger partial charge on any atom is -0.497 e. The Balaban J connectivity index is 1.99. The molecule has 2 aromatic heterocycles. The summed E-state index contributed by atoms with van der Waals surface area (Å²) in [6.45, 7) is 0.528. The molecular weight excluding hydrogens is 318 g/mol. The van der Waals surface area contributed by atoms with E-state index in [1.807, 2.05) is 36.2 Å². The van der Waals surface area contributed by atoms with Crippen molar-refractivity contribution in [1.29, 1.82) is 5.26 Å². The van der Waals surface area contributed by atoms with Crippen LogP contribution in [0.1, 0.15) is 11.1 Å². The van der Waals surface area contributed by atoms with Gasteiger partial charge in [-0.3, -0.25) is 0 Å². The van der Waals surface area contributed by atoms with Crippen LogP contribution >= 0.6 is 0 Å². The number of furan rings is 1. The van der Waals surface area contributed by atoms with E-state index in [-0.39, 0.29) is 5.95 Å². The van der Waals surface area contributed by atoms with E-state index < -0.39 is 0 Å². The molecular formula is C18H17N5O2. The maximum atomic E-state index is 9.63. The van der Waals surface area contributed by atoms with Gasteiger partial charge in [-0.25, -0.2) is 4.98 Å². The van der Waals surface area contributed by atoms with E-state index in [0.29, 0.717) is 29.4 Å². The number of nitrogen functional groups attached to an aromatic ring is 1. The molecule has 3 rings (SSSR count). The summed E-state index contributed by atoms with van der Waals surface area (Å²) in [4.78, 5) is 10.3. The summed E-state index contributed by atoms with van der Waals surface area (Å²) in [5.74, 6) is 1.77. The fourth-order valence-corrected chi connectivity index (χ4v) is 2.56. The van der Waals surface area contributed by atoms with Gasteiger partial charge in [-0.15, -0.1) is 0 Å². The van der Waals surface area contributed by atoms with E-state index >= 15 is 0 Å². The van der Waals surface area contributed by atoms with E-state index in [1.165, 1.54) is 6.26 Å². The van der Waals surface area contributed by atoms with Gasteiger partial charge in [0.2, 0.25) is 5.95 Å². The first-order valence-corrected chi connectivity index (χ1v) is 7.58. The Morgan fingerprint density at radius 3 is 2.80 bits per heavy atom. The topological polar surface area (TPSA) is 101 Å². The number of nitriles is 1. The molecule has 0 saturated heterocycles. The number of nitrogens with two attached hydrogens (primary N) is 1. The van der Waals surface area contributed by atoms with Crippen LogP contribution < -0.4 is 15.4 Å². The number of benzene rings is 1. The van der Waals surface area contributed by atoms with Crippen LogP contribution in [0.15, 0.2) is 47.1 Å². The predicted octanol–water partition coefficient (Wildman–Crippen LogP) is 2.84. The van der Waals surface area contributed by atoms with Crippen LogP contribution in [0.2, 0.25) is 0 Å². The van der Waals surface area contributed by atoms with Crippen molar-refractivity contribution in [1.82, 2.24) is 9.97 Å². The van der Waals surface area contributed by atoms with Crippen LogP contribution in [-0.4, -0.2) is 24.1 Å². The van der Waals surface area contributed by atoms with Crippen molar-refractivity contribution in [3.63, 3.8) is 0 Å². The number of rotatable bonds is 5. The summed E-state index contributed by atoms with van der Waals surface area (Å²) in [5.41, 5.74) is 7.56. The molecule has 0 aliphatic heterocycles. The molecule has 25 heavy (non-hydrogen) atoms. The second-order valence-corrected chi connectivity index (χ2v) is 5.43. The van der Waals surface area contributed by atoms with Gasteiger partial charge >= 0.3 is 0 Å². The van der Waals surface area contributed by atoms with Gasteiger partial charge in [0.25, 0.3) is 0 Å². The molecule has 2 N–H and O–H groups in total. The number of ether oxygens (including phenoxy) is 1. The fourth-order valence-electron chi connectivity index (χ4n) is 2.56. The Kier molecular flexibility index (Phi) is 4.53. The first-order valence-electron chi connectivity index (χ1n) is 7.58. The van der Waals surface area contributed by atoms with Gasteiger partial charge in [0.15, 0.2) is 11.6 Å². The van der Waals surface area contributed by atoms with Gasteiger partial charge < -0.3 is 19.8 Å². The number of hydrogen-bond acceptors (Lipinski definition) is 7. The highest BCUT2D eigenvalue weighted by Crippen LogP contribution is 2.29. The lowest BCUT2D eigenvalue weighted by atomic mass is 10.1. The van der Waals surface area contributed by atoms with Gasteiger partial charge in [0.1, 0.15) is 23.1 Å². The summed E-state index contributed by atoms with van der Waals surface area (Å²) in [6, 6.07) is 13.3. The SMILES string of the molecule is COc1cccc(CN(C)c2nc(N)nc(-c3ccco3)c2C#N)c1. The number of hydrogen-bond donors (Lipinski definition) is 1. The van der Waals surface area contributed by atoms with Crippen molar-refractivity contribution in [3.05, 3.63) is 53.8 Å². The van der Waals surface area contributed by atoms with Gasteiger partial charge in [0, 0.05) is 13.6 Å². The zero-order valence-electron chi connectivity index (χ0n) is 13.9. The molecule has 0 bridgehead atoms. The minimum atomic E-state index is 0.0814. The smallest absolute Gasteiger partial charge is 0.222 e. The molecule has 1 aromatic carbocycles. The maximum absolute atomic E-state index is 9.63. The van der Waals surface area contributed by atoms with E-state index in [9.17, 15) is 5.26 Å². The van der Waals surface area contributed by atoms with Crippen molar-refractivity contribution in [2.45, 2.75) is 6.54 Å². The van der Waals surface area contributed by atoms with Crippen LogP contribution in [0.4, 0.5) is 11.8 Å². The Bertz CT molecular complexity index is 916. The molecule has 0 aliphatic rings. The van der Waals surface area contributed by atoms with Crippen molar-refractivity contribution in [2.24, 2.45) is 0 Å². The van der Waals surface area contributed by atoms with Crippen molar-refractivity contribution in [2.75, 3.05) is 24.8 Å². The molecule has 7 nitrogen and oxygen atoms in total. The highest BCUT2D eigenvalue weighted by atomic mass is 16.5. The van der Waals surface area contributed by atoms with Gasteiger partial charge in [0.05, 0.1) is 13.4 Å². The van der Waals surface area contributed by atoms with Crippen LogP contribution in [0, 0.1) is 11.3 Å². The average Bonchev–Trinajstić information content (AvgIpc) is 3.15. The zero-order chi connectivity index (χ0) is 17.8. The lowest BCUT2D eigenvalue weighted by Crippen LogP contribution is -2.20. The van der Waals surface area contributed by atoms with E-state index in [0.717, 1.165) is 11.3 Å². The summed E-state index contributed by atoms with van der Waals surface area (Å²) in [7, 11) is 3.46. The van der Waals surface area contributed by atoms with Crippen molar-refractivity contribution in [3.8, 4) is 23.3 Å². The molecule has 7 heteroatoms. The second kappa shape index (κ2) is 6.93. The van der Waals surface area contributed by atoms with Crippen LogP contribution in [-0.2, 0) is 6.54 Å². The van der Waals surface area contributed by atoms with E-state index in [4.69, 9.17) is 14.9 Å². The summed E-state index contributed by atoms with van der Waals surface area (Å²) in [6.07, 6.45) is 1.52. The number of anilines is 2. The number of aromatic nitrogens is 2. The van der Waals surface area contributed by atoms with Crippen LogP contribution in [0.25, 0.3) is 11.5 Å². The Morgan fingerprint density at radius 2 is 2.12 bits per heavy atom. The average molecular weight is 335 g/mol. The third kappa shape index (κ3) is 3.38. The van der Waals surface area contributed by atoms with Crippen LogP contribution in [0.3, 0.4) is 0 Å². The molecule has 0 saturated carbocycles. The lowest BCUT2D eigenvalue weighted by Gasteiger charge is -2.20. The largest absolute Gasteiger partial charge is 0.497 e. The Labute approximate surface area is 145 Å². The summed E-state index contributed by atoms with van der Waals surface area (Å²) >= 11 is 0. The molecule has 0 spiro atoms. The number of methoxy groups -OCH3 is 1. The molecule has 126 valence electrons. The molecule has 3 aromatic rings. The molecule has 0 amide bonds. The molecule has 2 heterocycles. The third-order valence-corrected chi connectivity index (χ3v) is 3.69. The van der Waals surface area contributed by atoms with Crippen molar-refractivity contribution >= 4 is 11.8 Å². The molecule has 0 radical (unpaired) electrons. The predicted molar refractivity (Wildman–Crippen MR) is 94.0 cm³/mol. The minimum absolute atomic E-state index is 0.0814. The fraction of sp³-hybridized carbons (Fsp3) is 0.167. The van der Waals surface area contributed by atoms with E-state index in [2.05, 4.69) is 16.0 Å². The van der Waals surface area contributed by atoms with Gasteiger partial charge in [-0.05, 0) is 29.8 Å². The molecule has 0 unspecified atom stereocenters.